The van der Waals surface area contributed by atoms with Gasteiger partial charge in [-0.3, -0.25) is 0 Å². The summed E-state index contributed by atoms with van der Waals surface area (Å²) in [5.41, 5.74) is -7.05. The van der Waals surface area contributed by atoms with Crippen molar-refractivity contribution in [2.24, 2.45) is 4.99 Å². The molecule has 0 heterocycles. The molecule has 18 heteroatoms. The van der Waals surface area contributed by atoms with E-state index in [2.05, 4.69) is 4.99 Å². The quantitative estimate of drug-likeness (QED) is 0.0463. The van der Waals surface area contributed by atoms with Crippen LogP contribution in [0, 0.1) is 87.3 Å². The Kier molecular flexibility index (Phi) is 10.6. The molecule has 4 rings (SSSR count). The predicted octanol–water partition coefficient (Wildman–Crippen LogP) is 9.38. The van der Waals surface area contributed by atoms with Gasteiger partial charge in [0.2, 0.25) is 5.82 Å². The molecule has 0 N–H and O–H groups in total. The van der Waals surface area contributed by atoms with Crippen molar-refractivity contribution in [1.29, 1.82) is 0 Å². The molecule has 0 unspecified atom stereocenters. The van der Waals surface area contributed by atoms with Crippen LogP contribution in [0.1, 0.15) is 57.6 Å². The average Bonchev–Trinajstić information content (AvgIpc) is 3.07. The van der Waals surface area contributed by atoms with E-state index in [0.717, 1.165) is 0 Å². The van der Waals surface area contributed by atoms with Gasteiger partial charge in [-0.2, -0.15) is 0 Å². The third kappa shape index (κ3) is 6.06. The third-order valence-electron chi connectivity index (χ3n) is 7.68. The molecule has 0 fully saturated rings. The van der Waals surface area contributed by atoms with E-state index >= 15 is 26.3 Å². The van der Waals surface area contributed by atoms with Gasteiger partial charge in [0.25, 0.3) is 0 Å². The zero-order valence-electron chi connectivity index (χ0n) is 26.0. The van der Waals surface area contributed by atoms with Crippen LogP contribution >= 0.6 is 0 Å². The van der Waals surface area contributed by atoms with Crippen LogP contribution in [0.25, 0.3) is 0 Å². The van der Waals surface area contributed by atoms with Crippen LogP contribution in [0.15, 0.2) is 23.2 Å². The van der Waals surface area contributed by atoms with Gasteiger partial charge >= 0.3 is 6.85 Å². The number of hydrogen-bond acceptors (Lipinski definition) is 1. The van der Waals surface area contributed by atoms with Crippen molar-refractivity contribution < 1.29 is 65.9 Å². The SMILES string of the molecule is CC(=Nc1c(C(C)C)cccc1C(C)C)N(B(c1c(F)c(F)c(F)c(F)c1F)c1c(F)c(F)c(F)c(F)c1F)c1c(F)c(F)c(F)c(F)c1F. The Bertz CT molecular complexity index is 1880. The van der Waals surface area contributed by atoms with E-state index in [9.17, 15) is 39.5 Å². The second kappa shape index (κ2) is 13.9. The summed E-state index contributed by atoms with van der Waals surface area (Å²) in [5, 5.41) is 0. The van der Waals surface area contributed by atoms with Crippen molar-refractivity contribution in [2.45, 2.75) is 46.5 Å². The highest BCUT2D eigenvalue weighted by molar-refractivity contribution is 6.91. The molecule has 2 nitrogen and oxygen atoms in total. The Hall–Kier alpha value is -4.64. The van der Waals surface area contributed by atoms with Crippen molar-refractivity contribution >= 4 is 35.0 Å². The van der Waals surface area contributed by atoms with Gasteiger partial charge in [-0.1, -0.05) is 45.9 Å². The van der Waals surface area contributed by atoms with Crippen molar-refractivity contribution in [2.75, 3.05) is 4.81 Å². The second-order valence-corrected chi connectivity index (χ2v) is 11.4. The van der Waals surface area contributed by atoms with E-state index in [-0.39, 0.29) is 16.8 Å². The normalized spacial score (nSPS) is 12.1. The lowest BCUT2D eigenvalue weighted by Crippen LogP contribution is -2.63. The molecule has 0 spiro atoms. The van der Waals surface area contributed by atoms with Crippen molar-refractivity contribution in [1.82, 2.24) is 0 Å². The van der Waals surface area contributed by atoms with Gasteiger partial charge in [-0.05, 0) is 29.9 Å². The summed E-state index contributed by atoms with van der Waals surface area (Å²) in [7, 11) is 0. The van der Waals surface area contributed by atoms with E-state index in [4.69, 9.17) is 0 Å². The van der Waals surface area contributed by atoms with E-state index in [1.807, 2.05) is 0 Å². The highest BCUT2D eigenvalue weighted by Crippen LogP contribution is 2.37. The molecule has 0 bridgehead atoms. The monoisotopic (exact) mass is 728 g/mol. The summed E-state index contributed by atoms with van der Waals surface area (Å²) in [6, 6.07) is 4.40. The molecular weight excluding hydrogens is 708 g/mol. The van der Waals surface area contributed by atoms with Crippen molar-refractivity contribution in [3.05, 3.63) is 117 Å². The van der Waals surface area contributed by atoms with Gasteiger partial charge in [0.1, 0.15) is 5.69 Å². The molecule has 0 aliphatic heterocycles. The van der Waals surface area contributed by atoms with E-state index in [1.54, 1.807) is 27.7 Å². The molecule has 266 valence electrons. The number of benzene rings is 4. The summed E-state index contributed by atoms with van der Waals surface area (Å²) < 4.78 is 224. The minimum Gasteiger partial charge on any atom is -0.360 e. The maximum absolute atomic E-state index is 15.6. The highest BCUT2D eigenvalue weighted by atomic mass is 19.2. The number of aliphatic imine (C=N–C) groups is 1. The summed E-state index contributed by atoms with van der Waals surface area (Å²) in [6.45, 7) is 3.17. The van der Waals surface area contributed by atoms with Crippen LogP contribution in [0.4, 0.5) is 77.2 Å². The molecule has 0 aromatic heterocycles. The van der Waals surface area contributed by atoms with Gasteiger partial charge < -0.3 is 4.81 Å². The van der Waals surface area contributed by atoms with Crippen molar-refractivity contribution in [3.63, 3.8) is 0 Å². The Morgan fingerprint density at radius 1 is 0.480 bits per heavy atom. The standard InChI is InChI=1S/C32H20BF15N2/c1-9(2)12-7-6-8-13(10(3)4)31(12)49-11(5)50(32-29(47)27(45)26(44)28(46)30(32)48)33(14-16(34)20(38)24(42)21(39)17(14)35)15-18(36)22(40)25(43)23(41)19(15)37/h6-10H,1-5H3. The van der Waals surface area contributed by atoms with E-state index in [0.29, 0.717) is 6.92 Å². The lowest BCUT2D eigenvalue weighted by Gasteiger charge is -2.33. The molecule has 50 heavy (non-hydrogen) atoms. The largest absolute Gasteiger partial charge is 0.360 e. The van der Waals surface area contributed by atoms with Crippen molar-refractivity contribution in [3.8, 4) is 0 Å². The molecule has 0 radical (unpaired) electrons. The van der Waals surface area contributed by atoms with Crippen LogP contribution in [0.2, 0.25) is 0 Å². The molecule has 0 aliphatic carbocycles. The van der Waals surface area contributed by atoms with E-state index < -0.39 is 133 Å². The van der Waals surface area contributed by atoms with Gasteiger partial charge in [0.05, 0.1) is 11.5 Å². The van der Waals surface area contributed by atoms with Crippen LogP contribution in [-0.2, 0) is 0 Å². The van der Waals surface area contributed by atoms with Crippen LogP contribution in [-0.4, -0.2) is 12.7 Å². The minimum absolute atomic E-state index is 0.169. The first-order valence-corrected chi connectivity index (χ1v) is 14.2. The zero-order chi connectivity index (χ0) is 37.8. The summed E-state index contributed by atoms with van der Waals surface area (Å²) in [4.78, 5) is 3.51. The Balaban J connectivity index is 2.38. The lowest BCUT2D eigenvalue weighted by molar-refractivity contribution is 0.380. The summed E-state index contributed by atoms with van der Waals surface area (Å²) >= 11 is 0. The number of amidine groups is 1. The lowest BCUT2D eigenvalue weighted by atomic mass is 9.47. The molecule has 4 aromatic carbocycles. The first-order valence-electron chi connectivity index (χ1n) is 14.2. The molecule has 0 atom stereocenters. The first kappa shape index (κ1) is 38.2. The van der Waals surface area contributed by atoms with E-state index in [1.165, 1.54) is 18.2 Å². The number of nitrogens with zero attached hydrogens (tertiary/aromatic N) is 2. The Morgan fingerprint density at radius 3 is 1.06 bits per heavy atom. The third-order valence-corrected chi connectivity index (χ3v) is 7.68. The summed E-state index contributed by atoms with van der Waals surface area (Å²) in [5.74, 6) is -46.0. The van der Waals surface area contributed by atoms with Gasteiger partial charge in [0, 0.05) is 10.9 Å². The molecule has 0 saturated heterocycles. The zero-order valence-corrected chi connectivity index (χ0v) is 26.0. The number of hydrogen-bond donors (Lipinski definition) is 0. The Morgan fingerprint density at radius 2 is 0.760 bits per heavy atom. The second-order valence-electron chi connectivity index (χ2n) is 11.4. The fourth-order valence-corrected chi connectivity index (χ4v) is 5.27. The maximum atomic E-state index is 15.6. The number of halogens is 15. The van der Waals surface area contributed by atoms with Gasteiger partial charge in [-0.15, -0.1) is 0 Å². The molecule has 0 saturated carbocycles. The molecule has 0 aliphatic rings. The number of para-hydroxylation sites is 1. The topological polar surface area (TPSA) is 15.6 Å². The summed E-state index contributed by atoms with van der Waals surface area (Å²) in [6.07, 6.45) is 0. The van der Waals surface area contributed by atoms with Crippen LogP contribution in [0.5, 0.6) is 0 Å². The van der Waals surface area contributed by atoms with Crippen LogP contribution in [0.3, 0.4) is 0 Å². The minimum atomic E-state index is -3.81. The molecule has 4 aromatic rings. The molecular formula is C32H20BF15N2. The number of rotatable bonds is 7. The van der Waals surface area contributed by atoms with Gasteiger partial charge in [-0.25, -0.2) is 70.8 Å². The molecule has 0 amide bonds. The fraction of sp³-hybridized carbons (Fsp3) is 0.219. The number of anilines is 1. The maximum Gasteiger partial charge on any atom is 0.341 e. The predicted molar refractivity (Wildman–Crippen MR) is 154 cm³/mol. The first-order chi connectivity index (χ1) is 23.2. The average molecular weight is 728 g/mol. The fourth-order valence-electron chi connectivity index (χ4n) is 5.27. The highest BCUT2D eigenvalue weighted by Gasteiger charge is 2.47. The smallest absolute Gasteiger partial charge is 0.341 e. The Labute approximate surface area is 274 Å². The van der Waals surface area contributed by atoms with Gasteiger partial charge in [0.15, 0.2) is 81.4 Å². The van der Waals surface area contributed by atoms with Crippen LogP contribution < -0.4 is 15.7 Å².